The van der Waals surface area contributed by atoms with Crippen molar-refractivity contribution < 1.29 is 4.52 Å². The van der Waals surface area contributed by atoms with Gasteiger partial charge >= 0.3 is 0 Å². The van der Waals surface area contributed by atoms with Crippen LogP contribution in [-0.2, 0) is 6.54 Å². The molecule has 90 valence electrons. The smallest absolute Gasteiger partial charge is 0.140 e. The predicted molar refractivity (Wildman–Crippen MR) is 70.3 cm³/mol. The van der Waals surface area contributed by atoms with Gasteiger partial charge in [0.15, 0.2) is 0 Å². The van der Waals surface area contributed by atoms with Crippen LogP contribution in [0.2, 0.25) is 5.02 Å². The number of anilines is 1. The SMILES string of the molecule is Cc1noc(C)c1CNc1ncc(Cl)cc1Br. The van der Waals surface area contributed by atoms with Gasteiger partial charge in [-0.1, -0.05) is 16.8 Å². The standard InChI is InChI=1S/C11H11BrClN3O/c1-6-9(7(2)17-16-6)5-15-11-10(12)3-8(13)4-14-11/h3-4H,5H2,1-2H3,(H,14,15). The van der Waals surface area contributed by atoms with Gasteiger partial charge < -0.3 is 9.84 Å². The Balaban J connectivity index is 2.13. The molecule has 0 saturated carbocycles. The monoisotopic (exact) mass is 315 g/mol. The Morgan fingerprint density at radius 3 is 2.82 bits per heavy atom. The van der Waals surface area contributed by atoms with Gasteiger partial charge in [-0.3, -0.25) is 0 Å². The van der Waals surface area contributed by atoms with Gasteiger partial charge in [0, 0.05) is 18.3 Å². The van der Waals surface area contributed by atoms with Crippen LogP contribution in [-0.4, -0.2) is 10.1 Å². The van der Waals surface area contributed by atoms with Crippen molar-refractivity contribution in [2.75, 3.05) is 5.32 Å². The minimum Gasteiger partial charge on any atom is -0.365 e. The van der Waals surface area contributed by atoms with Crippen molar-refractivity contribution in [1.29, 1.82) is 0 Å². The lowest BCUT2D eigenvalue weighted by atomic mass is 10.2. The number of aryl methyl sites for hydroxylation is 2. The van der Waals surface area contributed by atoms with E-state index in [0.29, 0.717) is 11.6 Å². The molecule has 2 aromatic rings. The number of nitrogens with one attached hydrogen (secondary N) is 1. The van der Waals surface area contributed by atoms with Crippen LogP contribution in [0, 0.1) is 13.8 Å². The van der Waals surface area contributed by atoms with Crippen molar-refractivity contribution in [3.05, 3.63) is 38.8 Å². The summed E-state index contributed by atoms with van der Waals surface area (Å²) >= 11 is 9.22. The van der Waals surface area contributed by atoms with Crippen LogP contribution in [0.5, 0.6) is 0 Å². The van der Waals surface area contributed by atoms with Crippen LogP contribution in [0.1, 0.15) is 17.0 Å². The molecule has 0 aliphatic rings. The third-order valence-corrected chi connectivity index (χ3v) is 3.23. The Kier molecular flexibility index (Phi) is 3.69. The van der Waals surface area contributed by atoms with Crippen molar-refractivity contribution in [1.82, 2.24) is 10.1 Å². The molecule has 2 aromatic heterocycles. The van der Waals surface area contributed by atoms with E-state index < -0.39 is 0 Å². The molecule has 6 heteroatoms. The van der Waals surface area contributed by atoms with Crippen molar-refractivity contribution in [2.24, 2.45) is 0 Å². The Hall–Kier alpha value is -1.07. The van der Waals surface area contributed by atoms with Gasteiger partial charge in [0.05, 0.1) is 15.2 Å². The van der Waals surface area contributed by atoms with Gasteiger partial charge in [0.1, 0.15) is 11.6 Å². The maximum atomic E-state index is 5.82. The first-order valence-electron chi connectivity index (χ1n) is 5.04. The number of hydrogen-bond acceptors (Lipinski definition) is 4. The minimum atomic E-state index is 0.597. The van der Waals surface area contributed by atoms with E-state index in [1.54, 1.807) is 12.3 Å². The Bertz CT molecular complexity index is 522. The lowest BCUT2D eigenvalue weighted by Crippen LogP contribution is -2.03. The zero-order chi connectivity index (χ0) is 12.4. The lowest BCUT2D eigenvalue weighted by Gasteiger charge is -2.07. The highest BCUT2D eigenvalue weighted by Crippen LogP contribution is 2.24. The second kappa shape index (κ2) is 5.06. The van der Waals surface area contributed by atoms with Gasteiger partial charge in [-0.15, -0.1) is 0 Å². The Morgan fingerprint density at radius 2 is 2.24 bits per heavy atom. The molecule has 17 heavy (non-hydrogen) atoms. The summed E-state index contributed by atoms with van der Waals surface area (Å²) in [5.41, 5.74) is 1.94. The van der Waals surface area contributed by atoms with E-state index in [1.807, 2.05) is 13.8 Å². The molecule has 0 unspecified atom stereocenters. The number of halogens is 2. The predicted octanol–water partition coefficient (Wildman–Crippen LogP) is 3.71. The molecule has 0 aromatic carbocycles. The Morgan fingerprint density at radius 1 is 1.47 bits per heavy atom. The molecule has 0 atom stereocenters. The van der Waals surface area contributed by atoms with E-state index >= 15 is 0 Å². The summed E-state index contributed by atoms with van der Waals surface area (Å²) in [5, 5.41) is 7.70. The highest BCUT2D eigenvalue weighted by Gasteiger charge is 2.09. The molecule has 2 heterocycles. The summed E-state index contributed by atoms with van der Waals surface area (Å²) in [6, 6.07) is 1.80. The average molecular weight is 317 g/mol. The molecule has 0 radical (unpaired) electrons. The zero-order valence-electron chi connectivity index (χ0n) is 9.42. The molecule has 0 aliphatic heterocycles. The van der Waals surface area contributed by atoms with Crippen molar-refractivity contribution in [3.8, 4) is 0 Å². The molecule has 0 fully saturated rings. The minimum absolute atomic E-state index is 0.597. The summed E-state index contributed by atoms with van der Waals surface area (Å²) in [6.45, 7) is 4.42. The van der Waals surface area contributed by atoms with Gasteiger partial charge in [0.25, 0.3) is 0 Å². The quantitative estimate of drug-likeness (QED) is 0.937. The lowest BCUT2D eigenvalue weighted by molar-refractivity contribution is 0.392. The molecular formula is C11H11BrClN3O. The van der Waals surface area contributed by atoms with Crippen LogP contribution < -0.4 is 5.32 Å². The van der Waals surface area contributed by atoms with Gasteiger partial charge in [-0.05, 0) is 35.8 Å². The van der Waals surface area contributed by atoms with E-state index in [2.05, 4.69) is 31.4 Å². The van der Waals surface area contributed by atoms with Crippen molar-refractivity contribution in [2.45, 2.75) is 20.4 Å². The van der Waals surface area contributed by atoms with E-state index in [4.69, 9.17) is 16.1 Å². The summed E-state index contributed by atoms with van der Waals surface area (Å²) < 4.78 is 5.92. The summed E-state index contributed by atoms with van der Waals surface area (Å²) in [6.07, 6.45) is 1.60. The molecule has 0 amide bonds. The second-order valence-electron chi connectivity index (χ2n) is 3.64. The van der Waals surface area contributed by atoms with E-state index in [9.17, 15) is 0 Å². The van der Waals surface area contributed by atoms with Crippen molar-refractivity contribution >= 4 is 33.3 Å². The Labute approximate surface area is 112 Å². The maximum absolute atomic E-state index is 5.82. The number of nitrogens with zero attached hydrogens (tertiary/aromatic N) is 2. The first-order chi connectivity index (χ1) is 8.08. The maximum Gasteiger partial charge on any atom is 0.140 e. The first-order valence-corrected chi connectivity index (χ1v) is 6.21. The fourth-order valence-electron chi connectivity index (χ4n) is 1.47. The number of rotatable bonds is 3. The van der Waals surface area contributed by atoms with E-state index in [0.717, 1.165) is 27.3 Å². The largest absolute Gasteiger partial charge is 0.365 e. The van der Waals surface area contributed by atoms with Crippen LogP contribution in [0.25, 0.3) is 0 Å². The number of pyridine rings is 1. The van der Waals surface area contributed by atoms with Gasteiger partial charge in [-0.2, -0.15) is 0 Å². The molecule has 1 N–H and O–H groups in total. The summed E-state index contributed by atoms with van der Waals surface area (Å²) in [5.74, 6) is 1.56. The third kappa shape index (κ3) is 2.79. The van der Waals surface area contributed by atoms with Crippen LogP contribution in [0.3, 0.4) is 0 Å². The topological polar surface area (TPSA) is 51.0 Å². The second-order valence-corrected chi connectivity index (χ2v) is 4.93. The third-order valence-electron chi connectivity index (χ3n) is 2.42. The van der Waals surface area contributed by atoms with Gasteiger partial charge in [-0.25, -0.2) is 4.98 Å². The summed E-state index contributed by atoms with van der Waals surface area (Å²) in [4.78, 5) is 4.20. The van der Waals surface area contributed by atoms with Crippen molar-refractivity contribution in [3.63, 3.8) is 0 Å². The normalized spacial score (nSPS) is 10.6. The molecular weight excluding hydrogens is 305 g/mol. The molecule has 4 nitrogen and oxygen atoms in total. The molecule has 0 bridgehead atoms. The fraction of sp³-hybridized carbons (Fsp3) is 0.273. The number of aromatic nitrogens is 2. The first kappa shape index (κ1) is 12.4. The average Bonchev–Trinajstić information content (AvgIpc) is 2.58. The molecule has 2 rings (SSSR count). The zero-order valence-corrected chi connectivity index (χ0v) is 11.8. The van der Waals surface area contributed by atoms with Crippen LogP contribution >= 0.6 is 27.5 Å². The molecule has 0 spiro atoms. The van der Waals surface area contributed by atoms with Gasteiger partial charge in [0.2, 0.25) is 0 Å². The highest BCUT2D eigenvalue weighted by atomic mass is 79.9. The van der Waals surface area contributed by atoms with E-state index in [-0.39, 0.29) is 0 Å². The summed E-state index contributed by atoms with van der Waals surface area (Å²) in [7, 11) is 0. The fourth-order valence-corrected chi connectivity index (χ4v) is 2.25. The molecule has 0 saturated heterocycles. The van der Waals surface area contributed by atoms with Crippen LogP contribution in [0.4, 0.5) is 5.82 Å². The number of hydrogen-bond donors (Lipinski definition) is 1. The molecule has 0 aliphatic carbocycles. The highest BCUT2D eigenvalue weighted by molar-refractivity contribution is 9.10. The van der Waals surface area contributed by atoms with Crippen LogP contribution in [0.15, 0.2) is 21.3 Å². The van der Waals surface area contributed by atoms with E-state index in [1.165, 1.54) is 0 Å².